The second kappa shape index (κ2) is 9.85. The molecule has 0 saturated carbocycles. The van der Waals surface area contributed by atoms with Crippen LogP contribution in [0, 0.1) is 0 Å². The van der Waals surface area contributed by atoms with E-state index in [1.807, 2.05) is 0 Å². The Hall–Kier alpha value is -2.73. The van der Waals surface area contributed by atoms with Gasteiger partial charge in [0.05, 0.1) is 0 Å². The molecule has 0 aromatic heterocycles. The summed E-state index contributed by atoms with van der Waals surface area (Å²) in [4.78, 5) is 0. The van der Waals surface area contributed by atoms with Crippen LogP contribution in [0.2, 0.25) is 0 Å². The van der Waals surface area contributed by atoms with Crippen molar-refractivity contribution in [3.8, 4) is 0 Å². The minimum Gasteiger partial charge on any atom is -0.261 e. The van der Waals surface area contributed by atoms with E-state index >= 15 is 0 Å². The molecule has 4 aromatic carbocycles. The van der Waals surface area contributed by atoms with Crippen LogP contribution < -0.4 is 10.6 Å². The van der Waals surface area contributed by atoms with Crippen LogP contribution in [0.1, 0.15) is 37.1 Å². The van der Waals surface area contributed by atoms with E-state index < -0.39 is 8.07 Å². The summed E-state index contributed by atoms with van der Waals surface area (Å²) in [6.07, 6.45) is 0. The van der Waals surface area contributed by atoms with Crippen molar-refractivity contribution in [2.24, 2.45) is 0 Å². The first-order valence-corrected chi connectivity index (χ1v) is 11.8. The van der Waals surface area contributed by atoms with Crippen LogP contribution >= 0.6 is 8.07 Å². The van der Waals surface area contributed by atoms with Gasteiger partial charge >= 0.3 is 0 Å². The zero-order valence-electron chi connectivity index (χ0n) is 17.6. The first kappa shape index (κ1) is 20.5. The summed E-state index contributed by atoms with van der Waals surface area (Å²) in [6.45, 7) is 4.69. The molecule has 0 heterocycles. The number of hydrogen-bond acceptors (Lipinski definition) is 1. The minimum atomic E-state index is -0.707. The molecule has 30 heavy (non-hydrogen) atoms. The van der Waals surface area contributed by atoms with E-state index in [0.29, 0.717) is 0 Å². The van der Waals surface area contributed by atoms with Crippen LogP contribution in [0.25, 0.3) is 0 Å². The Morgan fingerprint density at radius 1 is 0.467 bits per heavy atom. The highest BCUT2D eigenvalue weighted by Gasteiger charge is 2.32. The quantitative estimate of drug-likeness (QED) is 0.301. The van der Waals surface area contributed by atoms with E-state index in [0.717, 1.165) is 0 Å². The van der Waals surface area contributed by atoms with Crippen LogP contribution in [-0.4, -0.2) is 4.67 Å². The van der Waals surface area contributed by atoms with E-state index in [9.17, 15) is 0 Å². The molecule has 4 rings (SSSR count). The Balaban J connectivity index is 1.87. The summed E-state index contributed by atoms with van der Waals surface area (Å²) in [5, 5.41) is 2.76. The van der Waals surface area contributed by atoms with Gasteiger partial charge in [-0.25, -0.2) is 0 Å². The minimum absolute atomic E-state index is 0.271. The fourth-order valence-electron chi connectivity index (χ4n) is 4.00. The van der Waals surface area contributed by atoms with Crippen molar-refractivity contribution >= 4 is 18.7 Å². The van der Waals surface area contributed by atoms with E-state index in [1.165, 1.54) is 21.7 Å². The largest absolute Gasteiger partial charge is 0.261 e. The molecule has 0 bridgehead atoms. The Morgan fingerprint density at radius 3 is 1.10 bits per heavy atom. The summed E-state index contributed by atoms with van der Waals surface area (Å²) in [7, 11) is -0.707. The van der Waals surface area contributed by atoms with Crippen LogP contribution in [0.5, 0.6) is 0 Å². The molecular weight excluding hydrogens is 381 g/mol. The highest BCUT2D eigenvalue weighted by atomic mass is 31.1. The highest BCUT2D eigenvalue weighted by Crippen LogP contribution is 2.50. The summed E-state index contributed by atoms with van der Waals surface area (Å²) in [6, 6.07) is 44.3. The van der Waals surface area contributed by atoms with Gasteiger partial charge in [-0.05, 0) is 35.6 Å². The summed E-state index contributed by atoms with van der Waals surface area (Å²) < 4.78 is 2.71. The van der Waals surface area contributed by atoms with Crippen LogP contribution in [0.4, 0.5) is 0 Å². The Morgan fingerprint density at radius 2 is 0.767 bits per heavy atom. The normalized spacial score (nSPS) is 13.3. The van der Waals surface area contributed by atoms with Gasteiger partial charge in [0, 0.05) is 20.2 Å². The van der Waals surface area contributed by atoms with Gasteiger partial charge in [-0.3, -0.25) is 4.67 Å². The third kappa shape index (κ3) is 4.54. The van der Waals surface area contributed by atoms with E-state index in [4.69, 9.17) is 0 Å². The maximum absolute atomic E-state index is 2.71. The molecule has 2 heteroatoms. The molecule has 150 valence electrons. The summed E-state index contributed by atoms with van der Waals surface area (Å²) in [5.41, 5.74) is 2.69. The molecule has 0 fully saturated rings. The van der Waals surface area contributed by atoms with Gasteiger partial charge in [0.1, 0.15) is 0 Å². The Bertz CT molecular complexity index is 934. The van der Waals surface area contributed by atoms with Gasteiger partial charge in [0.15, 0.2) is 0 Å². The molecule has 0 aliphatic carbocycles. The topological polar surface area (TPSA) is 3.24 Å². The van der Waals surface area contributed by atoms with Gasteiger partial charge in [-0.15, -0.1) is 0 Å². The highest BCUT2D eigenvalue weighted by molar-refractivity contribution is 7.70. The average Bonchev–Trinajstić information content (AvgIpc) is 2.84. The molecule has 0 saturated heterocycles. The molecule has 1 nitrogen and oxygen atoms in total. The van der Waals surface area contributed by atoms with Crippen molar-refractivity contribution in [2.45, 2.75) is 25.9 Å². The molecule has 0 radical (unpaired) electrons. The number of nitrogens with zero attached hydrogens (tertiary/aromatic N) is 1. The predicted octanol–water partition coefficient (Wildman–Crippen LogP) is 6.86. The second-order valence-corrected chi connectivity index (χ2v) is 9.65. The van der Waals surface area contributed by atoms with Crippen molar-refractivity contribution in [1.82, 2.24) is 4.67 Å². The average molecular weight is 410 g/mol. The van der Waals surface area contributed by atoms with E-state index in [1.54, 1.807) is 0 Å². The third-order valence-corrected chi connectivity index (χ3v) is 8.32. The molecular formula is C28H28NP. The lowest BCUT2D eigenvalue weighted by molar-refractivity contribution is 0.303. The fraction of sp³-hybridized carbons (Fsp3) is 0.143. The standard InChI is InChI=1S/C28H28NP/c1-23(25-15-7-3-8-16-25)29(24(2)26-17-9-4-10-18-26)30(27-19-11-5-12-20-27)28-21-13-6-14-22-28/h3-24H,1-2H3/t23-,24-/m0/s1. The molecule has 4 aromatic rings. The van der Waals surface area contributed by atoms with Crippen LogP contribution in [0.3, 0.4) is 0 Å². The van der Waals surface area contributed by atoms with Crippen molar-refractivity contribution in [3.63, 3.8) is 0 Å². The van der Waals surface area contributed by atoms with Crippen molar-refractivity contribution in [2.75, 3.05) is 0 Å². The number of benzene rings is 4. The molecule has 0 N–H and O–H groups in total. The van der Waals surface area contributed by atoms with E-state index in [2.05, 4.69) is 140 Å². The van der Waals surface area contributed by atoms with Crippen molar-refractivity contribution in [1.29, 1.82) is 0 Å². The molecule has 0 aliphatic rings. The second-order valence-electron chi connectivity index (χ2n) is 7.54. The maximum atomic E-state index is 2.71. The molecule has 0 amide bonds. The third-order valence-electron chi connectivity index (χ3n) is 5.59. The first-order chi connectivity index (χ1) is 14.8. The summed E-state index contributed by atoms with van der Waals surface area (Å²) >= 11 is 0. The van der Waals surface area contributed by atoms with Crippen molar-refractivity contribution in [3.05, 3.63) is 132 Å². The maximum Gasteiger partial charge on any atom is 0.0368 e. The lowest BCUT2D eigenvalue weighted by Crippen LogP contribution is -2.33. The summed E-state index contributed by atoms with van der Waals surface area (Å²) in [5.74, 6) is 0. The number of hydrogen-bond donors (Lipinski definition) is 0. The van der Waals surface area contributed by atoms with Gasteiger partial charge in [0.25, 0.3) is 0 Å². The Kier molecular flexibility index (Phi) is 6.74. The van der Waals surface area contributed by atoms with E-state index in [-0.39, 0.29) is 12.1 Å². The van der Waals surface area contributed by atoms with Gasteiger partial charge < -0.3 is 0 Å². The van der Waals surface area contributed by atoms with Crippen molar-refractivity contribution < 1.29 is 0 Å². The first-order valence-electron chi connectivity index (χ1n) is 10.5. The number of rotatable bonds is 7. The molecule has 0 aliphatic heterocycles. The van der Waals surface area contributed by atoms with Crippen LogP contribution in [0.15, 0.2) is 121 Å². The molecule has 0 unspecified atom stereocenters. The van der Waals surface area contributed by atoms with Gasteiger partial charge in [0.2, 0.25) is 0 Å². The fourth-order valence-corrected chi connectivity index (χ4v) is 6.70. The lowest BCUT2D eigenvalue weighted by Gasteiger charge is -2.41. The zero-order valence-corrected chi connectivity index (χ0v) is 18.5. The Labute approximate surface area is 181 Å². The van der Waals surface area contributed by atoms with Gasteiger partial charge in [-0.2, -0.15) is 0 Å². The smallest absolute Gasteiger partial charge is 0.0368 e. The molecule has 2 atom stereocenters. The van der Waals surface area contributed by atoms with Gasteiger partial charge in [-0.1, -0.05) is 121 Å². The SMILES string of the molecule is C[C@@H](c1ccccc1)N([C@@H](C)c1ccccc1)P(c1ccccc1)c1ccccc1. The lowest BCUT2D eigenvalue weighted by atomic mass is 10.0. The van der Waals surface area contributed by atoms with Crippen LogP contribution in [-0.2, 0) is 0 Å². The predicted molar refractivity (Wildman–Crippen MR) is 131 cm³/mol. The zero-order chi connectivity index (χ0) is 20.8. The molecule has 0 spiro atoms. The monoisotopic (exact) mass is 409 g/mol.